The summed E-state index contributed by atoms with van der Waals surface area (Å²) in [6.45, 7) is 1.63. The molecule has 186 valence electrons. The molecule has 3 aromatic carbocycles. The van der Waals surface area contributed by atoms with Gasteiger partial charge in [-0.1, -0.05) is 72.3 Å². The number of carbonyl (C=O) groups excluding carboxylic acids is 2. The molecular formula is C28H23ClF3NO3. The molecule has 1 atom stereocenters. The Morgan fingerprint density at radius 3 is 2.36 bits per heavy atom. The number of alkyl halides is 3. The third-order valence-corrected chi connectivity index (χ3v) is 6.36. The number of benzene rings is 3. The van der Waals surface area contributed by atoms with Crippen molar-refractivity contribution < 1.29 is 27.5 Å². The first-order valence-electron chi connectivity index (χ1n) is 11.3. The van der Waals surface area contributed by atoms with E-state index in [0.717, 1.165) is 17.2 Å². The van der Waals surface area contributed by atoms with Gasteiger partial charge in [-0.15, -0.1) is 0 Å². The molecule has 0 radical (unpaired) electrons. The molecule has 1 unspecified atom stereocenters. The quantitative estimate of drug-likeness (QED) is 0.337. The van der Waals surface area contributed by atoms with Crippen molar-refractivity contribution in [1.29, 1.82) is 0 Å². The van der Waals surface area contributed by atoms with E-state index in [2.05, 4.69) is 0 Å². The number of carbonyl (C=O) groups is 2. The van der Waals surface area contributed by atoms with Crippen LogP contribution in [-0.2, 0) is 33.7 Å². The van der Waals surface area contributed by atoms with Gasteiger partial charge in [0, 0.05) is 23.1 Å². The Morgan fingerprint density at radius 1 is 1.00 bits per heavy atom. The van der Waals surface area contributed by atoms with Crippen molar-refractivity contribution in [3.63, 3.8) is 0 Å². The average molecular weight is 514 g/mol. The molecule has 0 saturated heterocycles. The molecule has 1 aliphatic rings. The molecular weight excluding hydrogens is 491 g/mol. The predicted octanol–water partition coefficient (Wildman–Crippen LogP) is 6.89. The first-order valence-corrected chi connectivity index (χ1v) is 11.7. The molecule has 0 spiro atoms. The second-order valence-electron chi connectivity index (χ2n) is 8.51. The Kier molecular flexibility index (Phi) is 7.50. The third-order valence-electron chi connectivity index (χ3n) is 6.13. The third kappa shape index (κ3) is 5.62. The van der Waals surface area contributed by atoms with Crippen LogP contribution in [0.4, 0.5) is 13.2 Å². The monoisotopic (exact) mass is 513 g/mol. The molecule has 4 rings (SSSR count). The van der Waals surface area contributed by atoms with Gasteiger partial charge in [-0.25, -0.2) is 4.79 Å². The van der Waals surface area contributed by atoms with E-state index in [1.165, 1.54) is 23.1 Å². The fourth-order valence-electron chi connectivity index (χ4n) is 4.41. The summed E-state index contributed by atoms with van der Waals surface area (Å²) in [6, 6.07) is 20.9. The van der Waals surface area contributed by atoms with Crippen molar-refractivity contribution in [1.82, 2.24) is 4.90 Å². The highest BCUT2D eigenvalue weighted by Crippen LogP contribution is 2.43. The van der Waals surface area contributed by atoms with Gasteiger partial charge >= 0.3 is 12.1 Å². The van der Waals surface area contributed by atoms with Gasteiger partial charge in [0.05, 0.1) is 17.7 Å². The van der Waals surface area contributed by atoms with E-state index in [0.29, 0.717) is 5.02 Å². The van der Waals surface area contributed by atoms with Crippen LogP contribution in [0.5, 0.6) is 0 Å². The lowest BCUT2D eigenvalue weighted by Crippen LogP contribution is -2.38. The van der Waals surface area contributed by atoms with E-state index < -0.39 is 29.5 Å². The molecule has 36 heavy (non-hydrogen) atoms. The molecule has 0 N–H and O–H groups in total. The second kappa shape index (κ2) is 10.6. The normalized spacial score (nSPS) is 16.3. The van der Waals surface area contributed by atoms with E-state index in [1.54, 1.807) is 55.5 Å². The lowest BCUT2D eigenvalue weighted by atomic mass is 9.81. The summed E-state index contributed by atoms with van der Waals surface area (Å²) in [5.74, 6) is -2.26. The Balaban J connectivity index is 1.76. The largest absolute Gasteiger partial charge is 0.457 e. The summed E-state index contributed by atoms with van der Waals surface area (Å²) in [5, 5.41) is 0.484. The summed E-state index contributed by atoms with van der Waals surface area (Å²) >= 11 is 6.08. The van der Waals surface area contributed by atoms with Crippen LogP contribution in [-0.4, -0.2) is 16.8 Å². The van der Waals surface area contributed by atoms with Gasteiger partial charge in [-0.2, -0.15) is 13.2 Å². The Morgan fingerprint density at radius 2 is 1.67 bits per heavy atom. The van der Waals surface area contributed by atoms with Crippen molar-refractivity contribution in [2.75, 3.05) is 0 Å². The number of esters is 1. The zero-order valence-electron chi connectivity index (χ0n) is 19.4. The van der Waals surface area contributed by atoms with Crippen LogP contribution in [0.1, 0.15) is 41.5 Å². The van der Waals surface area contributed by atoms with E-state index in [1.807, 2.05) is 6.07 Å². The summed E-state index contributed by atoms with van der Waals surface area (Å²) in [4.78, 5) is 28.0. The van der Waals surface area contributed by atoms with Gasteiger partial charge in [0.1, 0.15) is 6.61 Å². The SMILES string of the molecule is CC1=C(C(=O)OCc2ccccc2)C(c2ccccc2C(F)(F)F)CC(=O)N1Cc1cccc(Cl)c1. The number of hydrogen-bond acceptors (Lipinski definition) is 3. The van der Waals surface area contributed by atoms with Crippen LogP contribution in [0, 0.1) is 0 Å². The summed E-state index contributed by atoms with van der Waals surface area (Å²) < 4.78 is 47.1. The van der Waals surface area contributed by atoms with E-state index in [-0.39, 0.29) is 36.4 Å². The minimum Gasteiger partial charge on any atom is -0.457 e. The summed E-state index contributed by atoms with van der Waals surface area (Å²) in [6.07, 6.45) is -4.95. The van der Waals surface area contributed by atoms with E-state index in [9.17, 15) is 22.8 Å². The maximum absolute atomic E-state index is 13.9. The highest BCUT2D eigenvalue weighted by atomic mass is 35.5. The highest BCUT2D eigenvalue weighted by molar-refractivity contribution is 6.30. The number of halogens is 4. The van der Waals surface area contributed by atoms with Crippen LogP contribution in [0.25, 0.3) is 0 Å². The number of rotatable bonds is 6. The molecule has 8 heteroatoms. The number of hydrogen-bond donors (Lipinski definition) is 0. The van der Waals surface area contributed by atoms with Gasteiger partial charge in [-0.05, 0) is 41.8 Å². The van der Waals surface area contributed by atoms with Crippen molar-refractivity contribution >= 4 is 23.5 Å². The molecule has 0 aromatic heterocycles. The van der Waals surface area contributed by atoms with Crippen LogP contribution >= 0.6 is 11.6 Å². The van der Waals surface area contributed by atoms with Gasteiger partial charge in [0.15, 0.2) is 0 Å². The van der Waals surface area contributed by atoms with E-state index in [4.69, 9.17) is 16.3 Å². The van der Waals surface area contributed by atoms with Crippen LogP contribution in [0.2, 0.25) is 5.02 Å². The van der Waals surface area contributed by atoms with Crippen molar-refractivity contribution in [2.24, 2.45) is 0 Å². The molecule has 1 aliphatic heterocycles. The van der Waals surface area contributed by atoms with Crippen molar-refractivity contribution in [3.8, 4) is 0 Å². The number of nitrogens with zero attached hydrogens (tertiary/aromatic N) is 1. The first kappa shape index (κ1) is 25.5. The lowest BCUT2D eigenvalue weighted by molar-refractivity contribution is -0.143. The molecule has 0 bridgehead atoms. The molecule has 0 fully saturated rings. The molecule has 1 amide bonds. The average Bonchev–Trinajstić information content (AvgIpc) is 2.85. The molecule has 0 aliphatic carbocycles. The number of amides is 1. The predicted molar refractivity (Wildman–Crippen MR) is 130 cm³/mol. The smallest absolute Gasteiger partial charge is 0.416 e. The van der Waals surface area contributed by atoms with Gasteiger partial charge in [0.25, 0.3) is 0 Å². The fraction of sp³-hybridized carbons (Fsp3) is 0.214. The van der Waals surface area contributed by atoms with Crippen molar-refractivity contribution in [2.45, 2.75) is 38.6 Å². The number of allylic oxidation sites excluding steroid dienone is 1. The zero-order valence-corrected chi connectivity index (χ0v) is 20.1. The first-order chi connectivity index (χ1) is 17.1. The molecule has 4 nitrogen and oxygen atoms in total. The molecule has 1 heterocycles. The molecule has 3 aromatic rings. The summed E-state index contributed by atoms with van der Waals surface area (Å²) in [7, 11) is 0. The van der Waals surface area contributed by atoms with Crippen LogP contribution in [0.3, 0.4) is 0 Å². The zero-order chi connectivity index (χ0) is 25.9. The minimum atomic E-state index is -4.65. The topological polar surface area (TPSA) is 46.6 Å². The maximum Gasteiger partial charge on any atom is 0.416 e. The van der Waals surface area contributed by atoms with Crippen molar-refractivity contribution in [3.05, 3.63) is 117 Å². The van der Waals surface area contributed by atoms with Crippen LogP contribution in [0.15, 0.2) is 90.1 Å². The Labute approximate surface area is 211 Å². The van der Waals surface area contributed by atoms with Gasteiger partial charge in [-0.3, -0.25) is 4.79 Å². The molecule has 0 saturated carbocycles. The maximum atomic E-state index is 13.9. The standard InChI is InChI=1S/C28H23ClF3NO3/c1-18-26(27(35)36-17-19-8-3-2-4-9-19)23(22-12-5-6-13-24(22)28(30,31)32)15-25(34)33(18)16-20-10-7-11-21(29)14-20/h2-14,23H,15-17H2,1H3. The van der Waals surface area contributed by atoms with Crippen LogP contribution < -0.4 is 0 Å². The second-order valence-corrected chi connectivity index (χ2v) is 8.95. The van der Waals surface area contributed by atoms with E-state index >= 15 is 0 Å². The highest BCUT2D eigenvalue weighted by Gasteiger charge is 2.42. The lowest BCUT2D eigenvalue weighted by Gasteiger charge is -2.35. The summed E-state index contributed by atoms with van der Waals surface area (Å²) in [5.41, 5.74) is 0.731. The van der Waals surface area contributed by atoms with Gasteiger partial charge in [0.2, 0.25) is 5.91 Å². The minimum absolute atomic E-state index is 0.0317. The van der Waals surface area contributed by atoms with Gasteiger partial charge < -0.3 is 9.64 Å². The fourth-order valence-corrected chi connectivity index (χ4v) is 4.62. The Bertz CT molecular complexity index is 1300. The Hall–Kier alpha value is -3.58. The number of ether oxygens (including phenoxy) is 1.